The highest BCUT2D eigenvalue weighted by molar-refractivity contribution is 5.82. The molecule has 0 aromatic carbocycles. The molecule has 1 fully saturated rings. The summed E-state index contributed by atoms with van der Waals surface area (Å²) in [5.74, 6) is 1.01. The van der Waals surface area contributed by atoms with Crippen LogP contribution in [0.2, 0.25) is 0 Å². The summed E-state index contributed by atoms with van der Waals surface area (Å²) in [5.41, 5.74) is 0. The second-order valence-electron chi connectivity index (χ2n) is 7.07. The Hall–Kier alpha value is -0.590. The van der Waals surface area contributed by atoms with E-state index in [9.17, 15) is 4.79 Å². The van der Waals surface area contributed by atoms with Gasteiger partial charge in [0.25, 0.3) is 0 Å². The van der Waals surface area contributed by atoms with Gasteiger partial charge in [-0.2, -0.15) is 0 Å². The zero-order chi connectivity index (χ0) is 15.9. The summed E-state index contributed by atoms with van der Waals surface area (Å²) in [7, 11) is 0. The van der Waals surface area contributed by atoms with Gasteiger partial charge in [0, 0.05) is 12.3 Å². The van der Waals surface area contributed by atoms with E-state index in [1.807, 2.05) is 0 Å². The maximum absolute atomic E-state index is 11.5. The van der Waals surface area contributed by atoms with Gasteiger partial charge in [-0.3, -0.25) is 4.79 Å². The highest BCUT2D eigenvalue weighted by Gasteiger charge is 2.28. The lowest BCUT2D eigenvalue weighted by Crippen LogP contribution is -1.99. The van der Waals surface area contributed by atoms with Crippen molar-refractivity contribution in [2.24, 2.45) is 5.92 Å². The molecular formula is C21H38O. The zero-order valence-electron chi connectivity index (χ0n) is 15.0. The minimum atomic E-state index is 0.469. The number of hydrogen-bond acceptors (Lipinski definition) is 1. The van der Waals surface area contributed by atoms with Gasteiger partial charge in [-0.25, -0.2) is 0 Å². The number of allylic oxidation sites excluding steroid dienone is 2. The predicted octanol–water partition coefficient (Wildman–Crippen LogP) is 7.00. The molecule has 0 heterocycles. The standard InChI is InChI=1S/C21H38O/c1-2-3-4-5-6-7-8-9-10-11-12-13-14-15-16-17-21(22)20-18-19-20/h9-10,20H,2-8,11-19H2,1H3/b10-9-. The molecule has 0 radical (unpaired) electrons. The molecule has 0 saturated heterocycles. The van der Waals surface area contributed by atoms with Crippen molar-refractivity contribution < 1.29 is 4.79 Å². The zero-order valence-corrected chi connectivity index (χ0v) is 15.0. The van der Waals surface area contributed by atoms with E-state index in [2.05, 4.69) is 19.1 Å². The molecule has 0 atom stereocenters. The van der Waals surface area contributed by atoms with Crippen LogP contribution < -0.4 is 0 Å². The molecule has 1 rings (SSSR count). The number of rotatable bonds is 16. The quantitative estimate of drug-likeness (QED) is 0.221. The summed E-state index contributed by atoms with van der Waals surface area (Å²) in [4.78, 5) is 11.5. The first kappa shape index (κ1) is 19.5. The number of carbonyl (C=O) groups excluding carboxylic acids is 1. The van der Waals surface area contributed by atoms with E-state index in [1.54, 1.807) is 0 Å². The predicted molar refractivity (Wildman–Crippen MR) is 97.2 cm³/mol. The molecule has 0 N–H and O–H groups in total. The van der Waals surface area contributed by atoms with E-state index in [-0.39, 0.29) is 0 Å². The summed E-state index contributed by atoms with van der Waals surface area (Å²) >= 11 is 0. The van der Waals surface area contributed by atoms with Crippen LogP contribution in [0.1, 0.15) is 110 Å². The van der Waals surface area contributed by atoms with Gasteiger partial charge in [0.2, 0.25) is 0 Å². The highest BCUT2D eigenvalue weighted by atomic mass is 16.1. The van der Waals surface area contributed by atoms with Crippen molar-refractivity contribution in [1.82, 2.24) is 0 Å². The molecule has 1 heteroatoms. The number of carbonyl (C=O) groups is 1. The van der Waals surface area contributed by atoms with Crippen molar-refractivity contribution >= 4 is 5.78 Å². The lowest BCUT2D eigenvalue weighted by Gasteiger charge is -2.00. The molecule has 0 bridgehead atoms. The molecule has 0 spiro atoms. The number of Topliss-reactive ketones (excluding diaryl/α,β-unsaturated/α-hetero) is 1. The van der Waals surface area contributed by atoms with Crippen LogP contribution in [-0.4, -0.2) is 5.78 Å². The minimum absolute atomic E-state index is 0.469. The van der Waals surface area contributed by atoms with Gasteiger partial charge in [-0.15, -0.1) is 0 Å². The molecule has 0 aromatic rings. The minimum Gasteiger partial charge on any atom is -0.299 e. The SMILES string of the molecule is CCCCCCCC/C=C\CCCCCCCC(=O)C1CC1. The van der Waals surface area contributed by atoms with Crippen molar-refractivity contribution in [2.75, 3.05) is 0 Å². The first-order chi connectivity index (χ1) is 10.8. The Labute approximate surface area is 139 Å². The van der Waals surface area contributed by atoms with Crippen molar-refractivity contribution in [1.29, 1.82) is 0 Å². The Kier molecular flexibility index (Phi) is 12.4. The highest BCUT2D eigenvalue weighted by Crippen LogP contribution is 2.31. The van der Waals surface area contributed by atoms with Crippen molar-refractivity contribution in [3.05, 3.63) is 12.2 Å². The van der Waals surface area contributed by atoms with Crippen LogP contribution in [0.3, 0.4) is 0 Å². The third-order valence-electron chi connectivity index (χ3n) is 4.72. The van der Waals surface area contributed by atoms with E-state index < -0.39 is 0 Å². The van der Waals surface area contributed by atoms with Gasteiger partial charge in [0.1, 0.15) is 5.78 Å². The molecule has 0 amide bonds. The molecule has 1 saturated carbocycles. The molecule has 22 heavy (non-hydrogen) atoms. The van der Waals surface area contributed by atoms with Crippen LogP contribution in [0, 0.1) is 5.92 Å². The fourth-order valence-electron chi connectivity index (χ4n) is 2.98. The van der Waals surface area contributed by atoms with E-state index in [1.165, 1.54) is 89.9 Å². The van der Waals surface area contributed by atoms with Gasteiger partial charge in [-0.05, 0) is 44.9 Å². The molecule has 128 valence electrons. The largest absolute Gasteiger partial charge is 0.299 e. The molecule has 0 unspecified atom stereocenters. The first-order valence-electron chi connectivity index (χ1n) is 10.0. The van der Waals surface area contributed by atoms with Crippen molar-refractivity contribution in [3.63, 3.8) is 0 Å². The third-order valence-corrected chi connectivity index (χ3v) is 4.72. The number of ketones is 1. The van der Waals surface area contributed by atoms with Crippen molar-refractivity contribution in [2.45, 2.75) is 110 Å². The first-order valence-corrected chi connectivity index (χ1v) is 10.0. The van der Waals surface area contributed by atoms with E-state index >= 15 is 0 Å². The van der Waals surface area contributed by atoms with Gasteiger partial charge >= 0.3 is 0 Å². The lowest BCUT2D eigenvalue weighted by atomic mass is 10.1. The smallest absolute Gasteiger partial charge is 0.135 e. The molecular weight excluding hydrogens is 268 g/mol. The van der Waals surface area contributed by atoms with Crippen LogP contribution in [0.5, 0.6) is 0 Å². The van der Waals surface area contributed by atoms with Crippen molar-refractivity contribution in [3.8, 4) is 0 Å². The van der Waals surface area contributed by atoms with Gasteiger partial charge in [-0.1, -0.05) is 70.4 Å². The molecule has 1 aliphatic rings. The summed E-state index contributed by atoms with van der Waals surface area (Å²) in [6.07, 6.45) is 25.2. The maximum atomic E-state index is 11.5. The van der Waals surface area contributed by atoms with Crippen LogP contribution >= 0.6 is 0 Å². The Morgan fingerprint density at radius 2 is 1.27 bits per heavy atom. The normalized spacial score (nSPS) is 14.8. The van der Waals surface area contributed by atoms with Crippen LogP contribution in [-0.2, 0) is 4.79 Å². The van der Waals surface area contributed by atoms with Crippen LogP contribution in [0.4, 0.5) is 0 Å². The summed E-state index contributed by atoms with van der Waals surface area (Å²) < 4.78 is 0. The Morgan fingerprint density at radius 3 is 1.82 bits per heavy atom. The van der Waals surface area contributed by atoms with Crippen LogP contribution in [0.15, 0.2) is 12.2 Å². The Morgan fingerprint density at radius 1 is 0.773 bits per heavy atom. The fraction of sp³-hybridized carbons (Fsp3) is 0.857. The average Bonchev–Trinajstić information content (AvgIpc) is 3.36. The fourth-order valence-corrected chi connectivity index (χ4v) is 2.98. The Bertz CT molecular complexity index is 288. The second kappa shape index (κ2) is 14.0. The summed E-state index contributed by atoms with van der Waals surface area (Å²) in [5, 5.41) is 0. The summed E-state index contributed by atoms with van der Waals surface area (Å²) in [6, 6.07) is 0. The number of unbranched alkanes of at least 4 members (excludes halogenated alkanes) is 11. The van der Waals surface area contributed by atoms with Gasteiger partial charge in [0.05, 0.1) is 0 Å². The molecule has 1 nitrogen and oxygen atoms in total. The van der Waals surface area contributed by atoms with E-state index in [0.29, 0.717) is 11.7 Å². The third kappa shape index (κ3) is 12.0. The molecule has 1 aliphatic carbocycles. The second-order valence-corrected chi connectivity index (χ2v) is 7.07. The Balaban J connectivity index is 1.71. The van der Waals surface area contributed by atoms with Crippen LogP contribution in [0.25, 0.3) is 0 Å². The monoisotopic (exact) mass is 306 g/mol. The maximum Gasteiger partial charge on any atom is 0.135 e. The van der Waals surface area contributed by atoms with E-state index in [0.717, 1.165) is 12.8 Å². The summed E-state index contributed by atoms with van der Waals surface area (Å²) in [6.45, 7) is 2.27. The topological polar surface area (TPSA) is 17.1 Å². The number of hydrogen-bond donors (Lipinski definition) is 0. The lowest BCUT2D eigenvalue weighted by molar-refractivity contribution is -0.120. The van der Waals surface area contributed by atoms with Gasteiger partial charge in [0.15, 0.2) is 0 Å². The van der Waals surface area contributed by atoms with E-state index in [4.69, 9.17) is 0 Å². The average molecular weight is 307 g/mol. The molecule has 0 aliphatic heterocycles. The molecule has 0 aromatic heterocycles. The van der Waals surface area contributed by atoms with Gasteiger partial charge < -0.3 is 0 Å².